The molecule has 4 heterocycles. The van der Waals surface area contributed by atoms with E-state index in [-0.39, 0.29) is 54.1 Å². The Morgan fingerprint density at radius 2 is 2.07 bits per heavy atom. The number of rotatable bonds is 11. The van der Waals surface area contributed by atoms with Crippen molar-refractivity contribution in [3.8, 4) is 5.88 Å². The van der Waals surface area contributed by atoms with Gasteiger partial charge in [0.05, 0.1) is 32.1 Å². The average molecular weight is 633 g/mol. The van der Waals surface area contributed by atoms with E-state index in [4.69, 9.17) is 39.2 Å². The van der Waals surface area contributed by atoms with Crippen molar-refractivity contribution in [2.75, 3.05) is 38.4 Å². The van der Waals surface area contributed by atoms with Gasteiger partial charge in [-0.1, -0.05) is 25.6 Å². The summed E-state index contributed by atoms with van der Waals surface area (Å²) in [6.07, 6.45) is -1.56. The number of fused-ring (bicyclic) bond motifs is 2. The van der Waals surface area contributed by atoms with Gasteiger partial charge in [0.15, 0.2) is 22.5 Å². The van der Waals surface area contributed by atoms with Crippen molar-refractivity contribution in [2.45, 2.75) is 64.7 Å². The van der Waals surface area contributed by atoms with Crippen LogP contribution in [0, 0.1) is 11.3 Å². The summed E-state index contributed by atoms with van der Waals surface area (Å²) in [5.74, 6) is -0.468. The van der Waals surface area contributed by atoms with Gasteiger partial charge in [0, 0.05) is 5.75 Å². The van der Waals surface area contributed by atoms with Crippen molar-refractivity contribution in [2.24, 2.45) is 17.1 Å². The van der Waals surface area contributed by atoms with E-state index >= 15 is 0 Å². The van der Waals surface area contributed by atoms with E-state index in [2.05, 4.69) is 15.0 Å². The zero-order valence-electron chi connectivity index (χ0n) is 24.2. The first kappa shape index (κ1) is 32.5. The summed E-state index contributed by atoms with van der Waals surface area (Å²) in [5, 5.41) is 11.2. The number of carbonyl (C=O) groups excluding carboxylic acids is 2. The maximum absolute atomic E-state index is 13.3. The van der Waals surface area contributed by atoms with E-state index in [0.717, 1.165) is 11.8 Å². The summed E-state index contributed by atoms with van der Waals surface area (Å²) in [6.45, 7) is 7.86. The van der Waals surface area contributed by atoms with E-state index in [0.29, 0.717) is 5.52 Å². The van der Waals surface area contributed by atoms with Crippen LogP contribution in [0.1, 0.15) is 40.8 Å². The van der Waals surface area contributed by atoms with Crippen molar-refractivity contribution < 1.29 is 47.0 Å². The minimum atomic E-state index is -4.12. The number of thioether (sulfide) groups is 1. The maximum Gasteiger partial charge on any atom is 0.475 e. The monoisotopic (exact) mass is 632 g/mol. The van der Waals surface area contributed by atoms with Crippen LogP contribution < -0.4 is 16.2 Å². The Morgan fingerprint density at radius 3 is 2.74 bits per heavy atom. The van der Waals surface area contributed by atoms with Gasteiger partial charge in [-0.25, -0.2) is 9.55 Å². The quantitative estimate of drug-likeness (QED) is 0.181. The molecule has 2 fully saturated rings. The van der Waals surface area contributed by atoms with Gasteiger partial charge in [-0.05, 0) is 26.7 Å². The Morgan fingerprint density at radius 1 is 1.36 bits per heavy atom. The van der Waals surface area contributed by atoms with Gasteiger partial charge in [-0.2, -0.15) is 9.97 Å². The highest BCUT2D eigenvalue weighted by molar-refractivity contribution is 8.13. The lowest BCUT2D eigenvalue weighted by atomic mass is 9.96. The van der Waals surface area contributed by atoms with Gasteiger partial charge in [0.2, 0.25) is 11.8 Å². The third-order valence-electron chi connectivity index (χ3n) is 6.89. The number of aromatic nitrogens is 4. The Labute approximate surface area is 246 Å². The Kier molecular flexibility index (Phi) is 9.55. The van der Waals surface area contributed by atoms with E-state index in [1.54, 1.807) is 27.7 Å². The van der Waals surface area contributed by atoms with Crippen molar-refractivity contribution in [1.29, 1.82) is 0 Å². The van der Waals surface area contributed by atoms with Gasteiger partial charge in [-0.15, -0.1) is 0 Å². The van der Waals surface area contributed by atoms with Crippen LogP contribution in [-0.4, -0.2) is 92.2 Å². The van der Waals surface area contributed by atoms with Crippen molar-refractivity contribution in [3.63, 3.8) is 0 Å². The molecule has 18 heteroatoms. The third-order valence-corrected chi connectivity index (χ3v) is 9.53. The molecule has 42 heavy (non-hydrogen) atoms. The second-order valence-electron chi connectivity index (χ2n) is 11.2. The van der Waals surface area contributed by atoms with E-state index in [1.165, 1.54) is 24.9 Å². The summed E-state index contributed by atoms with van der Waals surface area (Å²) in [6, 6.07) is -0.777. The van der Waals surface area contributed by atoms with Crippen LogP contribution in [0.2, 0.25) is 0 Å². The minimum absolute atomic E-state index is 0.0651. The molecule has 0 amide bonds. The standard InChI is InChI=1S/C24H37N6O10PS/c1-12(2)14(25)19(31)36-10-23(3,4)21(32)42-8-7-37-41(34)38-9-13-16(40-41)24(5,33)20(39-13)30-11-27-15-17(30)28-22(26)29-18(15)35-6/h11-14,16,20,33H,7-10,25H2,1-6H3,(H2,26,28,29)/t13-,14+,16-,20-,24-,41+/m1/s1. The first-order chi connectivity index (χ1) is 19.6. The van der Waals surface area contributed by atoms with E-state index in [1.807, 2.05) is 0 Å². The number of phosphoric acid groups is 1. The van der Waals surface area contributed by atoms with Crippen LogP contribution in [0.3, 0.4) is 0 Å². The second kappa shape index (κ2) is 12.3. The topological polar surface area (TPSA) is 222 Å². The normalized spacial score (nSPS) is 28.5. The predicted molar refractivity (Wildman–Crippen MR) is 150 cm³/mol. The van der Waals surface area contributed by atoms with E-state index in [9.17, 15) is 19.3 Å². The molecule has 0 radical (unpaired) electrons. The third kappa shape index (κ3) is 6.58. The fourth-order valence-corrected chi connectivity index (χ4v) is 6.71. The van der Waals surface area contributed by atoms with Crippen molar-refractivity contribution in [1.82, 2.24) is 19.5 Å². The number of anilines is 1. The van der Waals surface area contributed by atoms with Crippen molar-refractivity contribution >= 4 is 47.8 Å². The van der Waals surface area contributed by atoms with Crippen LogP contribution in [0.15, 0.2) is 6.33 Å². The molecule has 234 valence electrons. The van der Waals surface area contributed by atoms with Crippen LogP contribution in [0.25, 0.3) is 11.2 Å². The van der Waals surface area contributed by atoms with Gasteiger partial charge in [0.1, 0.15) is 30.5 Å². The number of nitrogens with two attached hydrogens (primary N) is 2. The zero-order chi connectivity index (χ0) is 31.0. The number of carbonyl (C=O) groups is 2. The molecular weight excluding hydrogens is 595 g/mol. The molecule has 2 aromatic heterocycles. The molecule has 5 N–H and O–H groups in total. The predicted octanol–water partition coefficient (Wildman–Crippen LogP) is 1.42. The summed E-state index contributed by atoms with van der Waals surface area (Å²) in [7, 11) is -2.71. The molecule has 2 aliphatic heterocycles. The van der Waals surface area contributed by atoms with Gasteiger partial charge in [-0.3, -0.25) is 27.7 Å². The number of hydrogen-bond donors (Lipinski definition) is 3. The molecule has 0 spiro atoms. The number of aliphatic hydroxyl groups is 1. The zero-order valence-corrected chi connectivity index (χ0v) is 25.9. The van der Waals surface area contributed by atoms with Gasteiger partial charge >= 0.3 is 13.8 Å². The highest BCUT2D eigenvalue weighted by Gasteiger charge is 2.60. The molecule has 0 unspecified atom stereocenters. The number of imidazole rings is 1. The summed E-state index contributed by atoms with van der Waals surface area (Å²) in [4.78, 5) is 37.2. The number of esters is 1. The molecule has 0 aromatic carbocycles. The lowest BCUT2D eigenvalue weighted by Gasteiger charge is -2.35. The molecule has 0 saturated carbocycles. The number of hydrogen-bond acceptors (Lipinski definition) is 16. The highest BCUT2D eigenvalue weighted by Crippen LogP contribution is 2.59. The molecule has 2 aliphatic rings. The molecule has 2 saturated heterocycles. The molecule has 6 atom stereocenters. The molecule has 0 aliphatic carbocycles. The van der Waals surface area contributed by atoms with Crippen LogP contribution >= 0.6 is 19.6 Å². The van der Waals surface area contributed by atoms with Crippen LogP contribution in [0.5, 0.6) is 5.88 Å². The lowest BCUT2D eigenvalue weighted by Crippen LogP contribution is -2.47. The fraction of sp³-hybridized carbons (Fsp3) is 0.708. The first-order valence-electron chi connectivity index (χ1n) is 13.2. The fourth-order valence-electron chi connectivity index (χ4n) is 4.32. The number of nitrogens with zero attached hydrogens (tertiary/aromatic N) is 4. The summed E-state index contributed by atoms with van der Waals surface area (Å²) >= 11 is 0.925. The SMILES string of the molecule is COc1nc(N)nc2c1ncn2[C@@H]1O[C@@H]2CO[P@](=O)(OCCSC(=O)C(C)(C)COC(=O)[C@@H](N)C(C)C)O[C@H]2[C@@]1(C)O. The largest absolute Gasteiger partial charge is 0.479 e. The minimum Gasteiger partial charge on any atom is -0.479 e. The molecular formula is C24H37N6O10PS. The molecule has 0 bridgehead atoms. The lowest BCUT2D eigenvalue weighted by molar-refractivity contribution is -0.150. The smallest absolute Gasteiger partial charge is 0.475 e. The Bertz CT molecular complexity index is 1370. The van der Waals surface area contributed by atoms with Crippen molar-refractivity contribution in [3.05, 3.63) is 6.33 Å². The van der Waals surface area contributed by atoms with E-state index < -0.39 is 49.3 Å². The van der Waals surface area contributed by atoms with Crippen LogP contribution in [-0.2, 0) is 37.2 Å². The molecule has 4 rings (SSSR count). The average Bonchev–Trinajstić information content (AvgIpc) is 3.45. The summed E-state index contributed by atoms with van der Waals surface area (Å²) < 4.78 is 47.7. The Hall–Kier alpha value is -2.37. The Balaban J connectivity index is 1.33. The number of phosphoric ester groups is 1. The molecule has 2 aromatic rings. The number of methoxy groups -OCH3 is 1. The van der Waals surface area contributed by atoms with Gasteiger partial charge in [0.25, 0.3) is 0 Å². The second-order valence-corrected chi connectivity index (χ2v) is 13.9. The van der Waals surface area contributed by atoms with Gasteiger partial charge < -0.3 is 30.8 Å². The maximum atomic E-state index is 13.3. The molecule has 16 nitrogen and oxygen atoms in total. The van der Waals surface area contributed by atoms with Crippen LogP contribution in [0.4, 0.5) is 5.95 Å². The first-order valence-corrected chi connectivity index (χ1v) is 15.6. The summed E-state index contributed by atoms with van der Waals surface area (Å²) in [5.41, 5.74) is 9.45. The highest BCUT2D eigenvalue weighted by atomic mass is 32.2. The number of nitrogen functional groups attached to an aromatic ring is 1. The number of ether oxygens (including phenoxy) is 3.